The van der Waals surface area contributed by atoms with Crippen LogP contribution in [0.15, 0.2) is 45.2 Å². The monoisotopic (exact) mass is 394 g/mol. The van der Waals surface area contributed by atoms with Crippen molar-refractivity contribution in [3.05, 3.63) is 30.3 Å². The van der Waals surface area contributed by atoms with Gasteiger partial charge in [-0.25, -0.2) is 13.4 Å². The van der Waals surface area contributed by atoms with E-state index in [0.717, 1.165) is 0 Å². The summed E-state index contributed by atoms with van der Waals surface area (Å²) in [6.45, 7) is 0. The molecule has 0 radical (unpaired) electrons. The van der Waals surface area contributed by atoms with Crippen molar-refractivity contribution in [3.63, 3.8) is 0 Å². The molecule has 27 heavy (non-hydrogen) atoms. The molecule has 144 valence electrons. The van der Waals surface area contributed by atoms with E-state index in [0.29, 0.717) is 5.69 Å². The first-order valence-electron chi connectivity index (χ1n) is 7.27. The zero-order valence-electron chi connectivity index (χ0n) is 14.4. The lowest BCUT2D eigenvalue weighted by Gasteiger charge is -2.09. The lowest BCUT2D eigenvalue weighted by atomic mass is 10.3. The number of hydrogen-bond acceptors (Lipinski definition) is 7. The number of nitrogens with zero attached hydrogens (tertiary/aromatic N) is 4. The highest BCUT2D eigenvalue weighted by Crippen LogP contribution is 2.22. The summed E-state index contributed by atoms with van der Waals surface area (Å²) in [7, 11) is -1.20. The average Bonchev–Trinajstić information content (AvgIpc) is 2.60. The van der Waals surface area contributed by atoms with Crippen molar-refractivity contribution < 1.29 is 17.9 Å². The van der Waals surface area contributed by atoms with Gasteiger partial charge >= 0.3 is 6.01 Å². The minimum atomic E-state index is -3.93. The van der Waals surface area contributed by atoms with Crippen molar-refractivity contribution in [3.8, 4) is 11.9 Å². The van der Waals surface area contributed by atoms with E-state index in [1.165, 1.54) is 44.6 Å². The predicted molar refractivity (Wildman–Crippen MR) is 99.5 cm³/mol. The fourth-order valence-electron chi connectivity index (χ4n) is 1.84. The summed E-state index contributed by atoms with van der Waals surface area (Å²) in [6.07, 6.45) is 0. The van der Waals surface area contributed by atoms with E-state index in [2.05, 4.69) is 24.7 Å². The van der Waals surface area contributed by atoms with Crippen LogP contribution in [0.3, 0.4) is 0 Å². The zero-order valence-corrected chi connectivity index (χ0v) is 15.3. The highest BCUT2D eigenvalue weighted by Gasteiger charge is 2.16. The van der Waals surface area contributed by atoms with Crippen molar-refractivity contribution >= 4 is 33.4 Å². The Balaban J connectivity index is 2.26. The second-order valence-corrected chi connectivity index (χ2v) is 6.57. The van der Waals surface area contributed by atoms with Crippen LogP contribution in [-0.2, 0) is 10.0 Å². The van der Waals surface area contributed by atoms with E-state index >= 15 is 0 Å². The van der Waals surface area contributed by atoms with E-state index in [1.807, 2.05) is 0 Å². The number of nitrogens with two attached hydrogens (primary N) is 3. The normalized spacial score (nSPS) is 11.6. The fourth-order valence-corrected chi connectivity index (χ4v) is 2.83. The van der Waals surface area contributed by atoms with Crippen molar-refractivity contribution in [2.75, 3.05) is 18.9 Å². The van der Waals surface area contributed by atoms with Crippen LogP contribution in [0.1, 0.15) is 0 Å². The number of methoxy groups -OCH3 is 2. The number of benzene rings is 1. The molecule has 0 unspecified atom stereocenters. The van der Waals surface area contributed by atoms with E-state index in [9.17, 15) is 8.42 Å². The second-order valence-electron chi connectivity index (χ2n) is 4.89. The molecule has 0 spiro atoms. The van der Waals surface area contributed by atoms with Crippen molar-refractivity contribution in [1.82, 2.24) is 9.97 Å². The van der Waals surface area contributed by atoms with Crippen molar-refractivity contribution in [2.45, 2.75) is 4.90 Å². The van der Waals surface area contributed by atoms with Gasteiger partial charge in [-0.15, -0.1) is 0 Å². The van der Waals surface area contributed by atoms with Crippen LogP contribution < -0.4 is 31.4 Å². The Morgan fingerprint density at radius 3 is 2.30 bits per heavy atom. The number of aromatic nitrogens is 2. The van der Waals surface area contributed by atoms with E-state index in [-0.39, 0.29) is 34.5 Å². The van der Waals surface area contributed by atoms with Crippen LogP contribution in [0, 0.1) is 0 Å². The third-order valence-corrected chi connectivity index (χ3v) is 4.32. The van der Waals surface area contributed by atoms with E-state index < -0.39 is 10.0 Å². The number of hydrogen-bond donors (Lipinski definition) is 4. The largest absolute Gasteiger partial charge is 0.481 e. The second kappa shape index (κ2) is 8.18. The maximum atomic E-state index is 12.5. The number of rotatable bonds is 6. The molecule has 0 atom stereocenters. The molecule has 0 aliphatic carbocycles. The molecule has 0 fully saturated rings. The van der Waals surface area contributed by atoms with Gasteiger partial charge in [-0.3, -0.25) is 4.72 Å². The smallest absolute Gasteiger partial charge is 0.321 e. The van der Waals surface area contributed by atoms with Gasteiger partial charge < -0.3 is 26.7 Å². The topological polar surface area (TPSA) is 193 Å². The van der Waals surface area contributed by atoms with Gasteiger partial charge in [0.05, 0.1) is 24.8 Å². The molecule has 12 nitrogen and oxygen atoms in total. The van der Waals surface area contributed by atoms with Gasteiger partial charge in [-0.2, -0.15) is 15.0 Å². The van der Waals surface area contributed by atoms with Crippen LogP contribution in [-0.4, -0.2) is 44.5 Å². The first-order chi connectivity index (χ1) is 12.7. The molecular formula is C14H18N8O4S. The van der Waals surface area contributed by atoms with Crippen LogP contribution in [0.25, 0.3) is 0 Å². The predicted octanol–water partition coefficient (Wildman–Crippen LogP) is -0.486. The third kappa shape index (κ3) is 5.43. The van der Waals surface area contributed by atoms with Gasteiger partial charge in [0.15, 0.2) is 11.8 Å². The number of guanidine groups is 2. The molecular weight excluding hydrogens is 376 g/mol. The van der Waals surface area contributed by atoms with Crippen LogP contribution >= 0.6 is 0 Å². The zero-order chi connectivity index (χ0) is 20.0. The van der Waals surface area contributed by atoms with Gasteiger partial charge in [0.25, 0.3) is 10.0 Å². The molecule has 7 N–H and O–H groups in total. The first kappa shape index (κ1) is 19.7. The Bertz CT molecular complexity index is 947. The quantitative estimate of drug-likeness (QED) is 0.369. The SMILES string of the molecule is COc1cc(NS(=O)(=O)c2ccc(N=C(N)N=C(N)N)cc2)nc(OC)n1. The Morgan fingerprint density at radius 2 is 1.74 bits per heavy atom. The number of sulfonamides is 1. The Morgan fingerprint density at radius 1 is 1.07 bits per heavy atom. The fraction of sp³-hybridized carbons (Fsp3) is 0.143. The van der Waals surface area contributed by atoms with Gasteiger partial charge in [0.2, 0.25) is 11.8 Å². The lowest BCUT2D eigenvalue weighted by molar-refractivity contribution is 0.353. The minimum absolute atomic E-state index is 0.0159. The van der Waals surface area contributed by atoms with Gasteiger partial charge in [-0.1, -0.05) is 0 Å². The summed E-state index contributed by atoms with van der Waals surface area (Å²) in [5.41, 5.74) is 16.3. The van der Waals surface area contributed by atoms with Crippen LogP contribution in [0.5, 0.6) is 11.9 Å². The maximum absolute atomic E-state index is 12.5. The Labute approximate surface area is 155 Å². The molecule has 0 saturated heterocycles. The maximum Gasteiger partial charge on any atom is 0.321 e. The number of nitrogens with one attached hydrogen (secondary N) is 1. The molecule has 0 bridgehead atoms. The number of anilines is 1. The van der Waals surface area contributed by atoms with Crippen LogP contribution in [0.2, 0.25) is 0 Å². The highest BCUT2D eigenvalue weighted by molar-refractivity contribution is 7.92. The first-order valence-corrected chi connectivity index (χ1v) is 8.75. The summed E-state index contributed by atoms with van der Waals surface area (Å²) >= 11 is 0. The molecule has 0 amide bonds. The lowest BCUT2D eigenvalue weighted by Crippen LogP contribution is -2.26. The van der Waals surface area contributed by atoms with E-state index in [1.54, 1.807) is 0 Å². The summed E-state index contributed by atoms with van der Waals surface area (Å²) < 4.78 is 37.2. The van der Waals surface area contributed by atoms with Crippen LogP contribution in [0.4, 0.5) is 11.5 Å². The molecule has 1 heterocycles. The number of ether oxygens (including phenoxy) is 2. The minimum Gasteiger partial charge on any atom is -0.481 e. The third-order valence-electron chi connectivity index (χ3n) is 2.95. The molecule has 1 aromatic heterocycles. The molecule has 2 aromatic rings. The summed E-state index contributed by atoms with van der Waals surface area (Å²) in [6, 6.07) is 6.80. The van der Waals surface area contributed by atoms with Crippen molar-refractivity contribution in [2.24, 2.45) is 27.2 Å². The number of aliphatic imine (C=N–C) groups is 2. The van der Waals surface area contributed by atoms with Crippen molar-refractivity contribution in [1.29, 1.82) is 0 Å². The molecule has 2 rings (SSSR count). The summed E-state index contributed by atoms with van der Waals surface area (Å²) in [4.78, 5) is 15.3. The standard InChI is InChI=1S/C14H18N8O4S/c1-25-11-7-10(19-14(20-11)26-2)22-27(23,24)9-5-3-8(4-6-9)18-13(17)21-12(15)16/h3-7H,1-2H3,(H,19,20,22)(H6,15,16,17,18,21). The summed E-state index contributed by atoms with van der Waals surface area (Å²) in [5.74, 6) is -0.281. The van der Waals surface area contributed by atoms with Gasteiger partial charge in [0, 0.05) is 6.07 Å². The van der Waals surface area contributed by atoms with E-state index in [4.69, 9.17) is 26.7 Å². The highest BCUT2D eigenvalue weighted by atomic mass is 32.2. The molecule has 13 heteroatoms. The molecule has 0 aliphatic heterocycles. The molecule has 0 saturated carbocycles. The Kier molecular flexibility index (Phi) is 5.97. The summed E-state index contributed by atoms with van der Waals surface area (Å²) in [5, 5.41) is 0. The average molecular weight is 394 g/mol. The van der Waals surface area contributed by atoms with Gasteiger partial charge in [0.1, 0.15) is 0 Å². The Hall–Kier alpha value is -3.61. The molecule has 1 aromatic carbocycles. The molecule has 0 aliphatic rings. The van der Waals surface area contributed by atoms with Gasteiger partial charge in [-0.05, 0) is 24.3 Å².